The second-order valence-electron chi connectivity index (χ2n) is 15.2. The van der Waals surface area contributed by atoms with E-state index in [0.717, 1.165) is 44.9 Å². The fourth-order valence-electron chi connectivity index (χ4n) is 6.77. The van der Waals surface area contributed by atoms with Crippen LogP contribution in [0.25, 0.3) is 0 Å². The predicted molar refractivity (Wildman–Crippen MR) is 211 cm³/mol. The van der Waals surface area contributed by atoms with Gasteiger partial charge in [0.25, 0.3) is 0 Å². The first kappa shape index (κ1) is 49.0. The number of unbranched alkanes of at least 4 members (excludes halogenated alkanes) is 27. The van der Waals surface area contributed by atoms with Crippen LogP contribution < -0.4 is 5.32 Å². The quantitative estimate of drug-likeness (QED) is 0.0278. The number of carbonyl (C=O) groups is 1. The highest BCUT2D eigenvalue weighted by atomic mass is 16.4. The van der Waals surface area contributed by atoms with E-state index in [1.807, 2.05) is 0 Å². The maximum absolute atomic E-state index is 12.5. The second kappa shape index (κ2) is 37.8. The summed E-state index contributed by atoms with van der Waals surface area (Å²) in [4.78, 5) is 12.5. The standard InChI is InChI=1S/C43H85NO6/c1-3-5-7-9-11-13-15-17-19-20-22-23-25-27-29-31-33-35-39(46)42(49)41(48)38(37-45)44-43(50)40(47)36-34-32-30-28-26-24-21-18-16-14-12-10-8-6-4-2/h15,17,38-42,45-49H,3-14,16,18-37H2,1-2H3,(H,44,50)/b17-15+/t38-,39+,40-,41-,42+/m0/s1. The monoisotopic (exact) mass is 712 g/mol. The van der Waals surface area contributed by atoms with Crippen LogP contribution in [0.15, 0.2) is 12.2 Å². The first-order chi connectivity index (χ1) is 24.4. The van der Waals surface area contributed by atoms with E-state index in [9.17, 15) is 30.3 Å². The molecule has 50 heavy (non-hydrogen) atoms. The van der Waals surface area contributed by atoms with Crippen molar-refractivity contribution < 1.29 is 30.3 Å². The van der Waals surface area contributed by atoms with E-state index < -0.39 is 43.0 Å². The molecule has 5 atom stereocenters. The van der Waals surface area contributed by atoms with Crippen LogP contribution in [0.1, 0.15) is 219 Å². The lowest BCUT2D eigenvalue weighted by Crippen LogP contribution is -2.55. The molecule has 298 valence electrons. The molecule has 0 rings (SSSR count). The van der Waals surface area contributed by atoms with Gasteiger partial charge in [-0.15, -0.1) is 0 Å². The van der Waals surface area contributed by atoms with Crippen molar-refractivity contribution in [3.8, 4) is 0 Å². The van der Waals surface area contributed by atoms with Gasteiger partial charge in [0.05, 0.1) is 18.8 Å². The summed E-state index contributed by atoms with van der Waals surface area (Å²) in [5.41, 5.74) is 0. The first-order valence-electron chi connectivity index (χ1n) is 21.7. The summed E-state index contributed by atoms with van der Waals surface area (Å²) in [6.07, 6.45) is 36.7. The molecule has 0 aliphatic carbocycles. The van der Waals surface area contributed by atoms with E-state index in [2.05, 4.69) is 31.3 Å². The summed E-state index contributed by atoms with van der Waals surface area (Å²) in [6, 6.07) is -1.16. The zero-order chi connectivity index (χ0) is 36.9. The molecule has 0 aliphatic rings. The Bertz CT molecular complexity index is 734. The number of nitrogens with one attached hydrogen (secondary N) is 1. The zero-order valence-electron chi connectivity index (χ0n) is 33.0. The number of aliphatic hydroxyl groups excluding tert-OH is 5. The van der Waals surface area contributed by atoms with Crippen LogP contribution in [0.2, 0.25) is 0 Å². The van der Waals surface area contributed by atoms with Gasteiger partial charge in [0.15, 0.2) is 0 Å². The lowest BCUT2D eigenvalue weighted by Gasteiger charge is -2.29. The Kier molecular flexibility index (Phi) is 37.0. The molecule has 0 spiro atoms. The van der Waals surface area contributed by atoms with Crippen LogP contribution in [-0.4, -0.2) is 68.5 Å². The molecule has 0 bridgehead atoms. The maximum Gasteiger partial charge on any atom is 0.249 e. The van der Waals surface area contributed by atoms with Crippen molar-refractivity contribution in [1.82, 2.24) is 5.32 Å². The van der Waals surface area contributed by atoms with E-state index >= 15 is 0 Å². The summed E-state index contributed by atoms with van der Waals surface area (Å²) >= 11 is 0. The van der Waals surface area contributed by atoms with E-state index in [1.165, 1.54) is 148 Å². The van der Waals surface area contributed by atoms with Crippen molar-refractivity contribution in [2.45, 2.75) is 250 Å². The number of rotatable bonds is 39. The number of hydrogen-bond acceptors (Lipinski definition) is 6. The molecule has 0 aromatic rings. The van der Waals surface area contributed by atoms with Gasteiger partial charge in [-0.2, -0.15) is 0 Å². The van der Waals surface area contributed by atoms with Crippen LogP contribution >= 0.6 is 0 Å². The van der Waals surface area contributed by atoms with Gasteiger partial charge in [-0.1, -0.05) is 193 Å². The average Bonchev–Trinajstić information content (AvgIpc) is 3.12. The Labute approximate surface area is 309 Å². The molecule has 0 saturated heterocycles. The van der Waals surface area contributed by atoms with Gasteiger partial charge in [0.2, 0.25) is 5.91 Å². The Hall–Kier alpha value is -0.990. The third kappa shape index (κ3) is 30.6. The fraction of sp³-hybridized carbons (Fsp3) is 0.930. The molecule has 1 amide bonds. The minimum absolute atomic E-state index is 0.320. The molecule has 7 heteroatoms. The van der Waals surface area contributed by atoms with Gasteiger partial charge in [0, 0.05) is 0 Å². The van der Waals surface area contributed by atoms with E-state index in [4.69, 9.17) is 0 Å². The summed E-state index contributed by atoms with van der Waals surface area (Å²) in [5, 5.41) is 54.1. The molecule has 0 aromatic carbocycles. The Morgan fingerprint density at radius 1 is 0.480 bits per heavy atom. The van der Waals surface area contributed by atoms with Crippen LogP contribution in [0.3, 0.4) is 0 Å². The molecule has 6 N–H and O–H groups in total. The number of aliphatic hydroxyl groups is 5. The van der Waals surface area contributed by atoms with Crippen molar-refractivity contribution in [3.63, 3.8) is 0 Å². The van der Waals surface area contributed by atoms with Gasteiger partial charge in [-0.3, -0.25) is 4.79 Å². The van der Waals surface area contributed by atoms with Crippen LogP contribution in [0.5, 0.6) is 0 Å². The lowest BCUT2D eigenvalue weighted by atomic mass is 9.96. The van der Waals surface area contributed by atoms with Gasteiger partial charge in [0.1, 0.15) is 18.3 Å². The highest BCUT2D eigenvalue weighted by Gasteiger charge is 2.32. The van der Waals surface area contributed by atoms with E-state index in [1.54, 1.807) is 0 Å². The molecule has 0 fully saturated rings. The Balaban J connectivity index is 3.86. The molecule has 0 heterocycles. The molecule has 0 radical (unpaired) electrons. The molecule has 0 unspecified atom stereocenters. The Morgan fingerprint density at radius 3 is 1.20 bits per heavy atom. The molecule has 7 nitrogen and oxygen atoms in total. The number of amides is 1. The molecular formula is C43H85NO6. The molecule has 0 saturated carbocycles. The number of carbonyl (C=O) groups excluding carboxylic acids is 1. The van der Waals surface area contributed by atoms with Gasteiger partial charge in [-0.25, -0.2) is 0 Å². The second-order valence-corrected chi connectivity index (χ2v) is 15.2. The minimum atomic E-state index is -1.53. The van der Waals surface area contributed by atoms with Crippen molar-refractivity contribution in [3.05, 3.63) is 12.2 Å². The summed E-state index contributed by atoms with van der Waals surface area (Å²) in [5.74, 6) is -0.667. The summed E-state index contributed by atoms with van der Waals surface area (Å²) in [7, 11) is 0. The predicted octanol–water partition coefficient (Wildman–Crippen LogP) is 9.99. The third-order valence-electron chi connectivity index (χ3n) is 10.3. The topological polar surface area (TPSA) is 130 Å². The van der Waals surface area contributed by atoms with Crippen LogP contribution in [0.4, 0.5) is 0 Å². The van der Waals surface area contributed by atoms with E-state index in [-0.39, 0.29) is 0 Å². The van der Waals surface area contributed by atoms with Crippen LogP contribution in [0, 0.1) is 0 Å². The maximum atomic E-state index is 12.5. The fourth-order valence-corrected chi connectivity index (χ4v) is 6.77. The van der Waals surface area contributed by atoms with Crippen molar-refractivity contribution in [2.75, 3.05) is 6.61 Å². The summed E-state index contributed by atoms with van der Waals surface area (Å²) < 4.78 is 0. The lowest BCUT2D eigenvalue weighted by molar-refractivity contribution is -0.134. The molecule has 0 aliphatic heterocycles. The largest absolute Gasteiger partial charge is 0.394 e. The van der Waals surface area contributed by atoms with Gasteiger partial charge >= 0.3 is 0 Å². The van der Waals surface area contributed by atoms with Crippen molar-refractivity contribution >= 4 is 5.91 Å². The average molecular weight is 712 g/mol. The zero-order valence-corrected chi connectivity index (χ0v) is 33.0. The SMILES string of the molecule is CCCCCCC/C=C/CCCCCCCCCC[C@@H](O)[C@@H](O)[C@@H](O)[C@H](CO)NC(=O)[C@@H](O)CCCCCCCCCCCCCCCCC. The highest BCUT2D eigenvalue weighted by Crippen LogP contribution is 2.17. The summed E-state index contributed by atoms with van der Waals surface area (Å²) in [6.45, 7) is 3.91. The third-order valence-corrected chi connectivity index (χ3v) is 10.3. The minimum Gasteiger partial charge on any atom is -0.394 e. The van der Waals surface area contributed by atoms with E-state index in [0.29, 0.717) is 12.8 Å². The smallest absolute Gasteiger partial charge is 0.249 e. The molecular weight excluding hydrogens is 626 g/mol. The highest BCUT2D eigenvalue weighted by molar-refractivity contribution is 5.80. The number of allylic oxidation sites excluding steroid dienone is 2. The van der Waals surface area contributed by atoms with Gasteiger partial charge < -0.3 is 30.8 Å². The van der Waals surface area contributed by atoms with Crippen molar-refractivity contribution in [1.29, 1.82) is 0 Å². The van der Waals surface area contributed by atoms with Crippen LogP contribution in [-0.2, 0) is 4.79 Å². The normalized spacial score (nSPS) is 14.9. The molecule has 0 aromatic heterocycles. The van der Waals surface area contributed by atoms with Crippen molar-refractivity contribution in [2.24, 2.45) is 0 Å². The first-order valence-corrected chi connectivity index (χ1v) is 21.7. The number of hydrogen-bond donors (Lipinski definition) is 6. The van der Waals surface area contributed by atoms with Gasteiger partial charge in [-0.05, 0) is 38.5 Å². The Morgan fingerprint density at radius 2 is 0.820 bits per heavy atom.